The SMILES string of the molecule is CCNC(=NCCCN1CCCC(C(N)=O)C1)N(C)Cc1cccc(F)c1.I. The fraction of sp³-hybridized carbons (Fsp3) is 0.600. The van der Waals surface area contributed by atoms with Gasteiger partial charge >= 0.3 is 0 Å². The molecule has 8 heteroatoms. The van der Waals surface area contributed by atoms with E-state index in [4.69, 9.17) is 5.73 Å². The van der Waals surface area contributed by atoms with Crippen LogP contribution in [0.2, 0.25) is 0 Å². The van der Waals surface area contributed by atoms with Gasteiger partial charge in [-0.3, -0.25) is 9.79 Å². The summed E-state index contributed by atoms with van der Waals surface area (Å²) < 4.78 is 13.4. The largest absolute Gasteiger partial charge is 0.369 e. The second-order valence-corrected chi connectivity index (χ2v) is 7.12. The fourth-order valence-corrected chi connectivity index (χ4v) is 3.42. The van der Waals surface area contributed by atoms with E-state index in [9.17, 15) is 9.18 Å². The molecule has 1 aromatic rings. The number of hydrogen-bond donors (Lipinski definition) is 2. The normalized spacial score (nSPS) is 17.7. The topological polar surface area (TPSA) is 74.0 Å². The summed E-state index contributed by atoms with van der Waals surface area (Å²) >= 11 is 0. The molecule has 1 saturated heterocycles. The van der Waals surface area contributed by atoms with Crippen LogP contribution in [-0.4, -0.2) is 61.4 Å². The minimum Gasteiger partial charge on any atom is -0.369 e. The molecule has 2 rings (SSSR count). The van der Waals surface area contributed by atoms with Gasteiger partial charge in [0, 0.05) is 33.2 Å². The average molecular weight is 505 g/mol. The van der Waals surface area contributed by atoms with Crippen molar-refractivity contribution >= 4 is 35.8 Å². The molecule has 1 atom stereocenters. The van der Waals surface area contributed by atoms with E-state index in [1.165, 1.54) is 6.07 Å². The Balaban J connectivity index is 0.00000392. The third kappa shape index (κ3) is 8.30. The summed E-state index contributed by atoms with van der Waals surface area (Å²) in [5, 5.41) is 3.29. The molecule has 3 N–H and O–H groups in total. The first-order chi connectivity index (χ1) is 13.0. The molecule has 1 aliphatic heterocycles. The summed E-state index contributed by atoms with van der Waals surface area (Å²) in [6.45, 7) is 6.80. The van der Waals surface area contributed by atoms with Crippen molar-refractivity contribution in [2.75, 3.05) is 39.8 Å². The second kappa shape index (κ2) is 12.9. The number of carbonyl (C=O) groups excluding carboxylic acids is 1. The maximum Gasteiger partial charge on any atom is 0.221 e. The Morgan fingerprint density at radius 2 is 2.25 bits per heavy atom. The van der Waals surface area contributed by atoms with Gasteiger partial charge in [0.1, 0.15) is 5.82 Å². The van der Waals surface area contributed by atoms with Crippen LogP contribution in [0.4, 0.5) is 4.39 Å². The first-order valence-electron chi connectivity index (χ1n) is 9.75. The highest BCUT2D eigenvalue weighted by Crippen LogP contribution is 2.16. The van der Waals surface area contributed by atoms with Crippen LogP contribution >= 0.6 is 24.0 Å². The number of aliphatic imine (C=N–C) groups is 1. The lowest BCUT2D eigenvalue weighted by molar-refractivity contribution is -0.123. The number of benzene rings is 1. The molecule has 0 bridgehead atoms. The number of likely N-dealkylation sites (tertiary alicyclic amines) is 1. The van der Waals surface area contributed by atoms with Crippen molar-refractivity contribution < 1.29 is 9.18 Å². The minimum absolute atomic E-state index is 0. The molecule has 0 saturated carbocycles. The summed E-state index contributed by atoms with van der Waals surface area (Å²) in [5.74, 6) is 0.386. The highest BCUT2D eigenvalue weighted by molar-refractivity contribution is 14.0. The molecule has 6 nitrogen and oxygen atoms in total. The third-order valence-electron chi connectivity index (χ3n) is 4.81. The number of guanidine groups is 1. The van der Waals surface area contributed by atoms with E-state index in [0.29, 0.717) is 13.1 Å². The minimum atomic E-state index is -0.223. The highest BCUT2D eigenvalue weighted by Gasteiger charge is 2.23. The van der Waals surface area contributed by atoms with Gasteiger partial charge in [0.25, 0.3) is 0 Å². The van der Waals surface area contributed by atoms with E-state index in [-0.39, 0.29) is 41.6 Å². The zero-order valence-corrected chi connectivity index (χ0v) is 19.2. The molecule has 1 heterocycles. The molecule has 0 aromatic heterocycles. The molecule has 1 unspecified atom stereocenters. The van der Waals surface area contributed by atoms with Gasteiger partial charge in [0.05, 0.1) is 5.92 Å². The number of nitrogens with two attached hydrogens (primary N) is 1. The Hall–Kier alpha value is -1.42. The molecule has 0 radical (unpaired) electrons. The zero-order valence-electron chi connectivity index (χ0n) is 16.9. The van der Waals surface area contributed by atoms with Gasteiger partial charge in [-0.15, -0.1) is 24.0 Å². The van der Waals surface area contributed by atoms with Crippen LogP contribution in [0.5, 0.6) is 0 Å². The lowest BCUT2D eigenvalue weighted by Crippen LogP contribution is -2.41. The fourth-order valence-electron chi connectivity index (χ4n) is 3.42. The number of carbonyl (C=O) groups is 1. The van der Waals surface area contributed by atoms with Crippen molar-refractivity contribution in [2.24, 2.45) is 16.6 Å². The summed E-state index contributed by atoms with van der Waals surface area (Å²) in [7, 11) is 1.95. The lowest BCUT2D eigenvalue weighted by Gasteiger charge is -2.30. The Bertz CT molecular complexity index is 643. The van der Waals surface area contributed by atoms with Gasteiger partial charge in [-0.1, -0.05) is 12.1 Å². The maximum absolute atomic E-state index is 13.4. The van der Waals surface area contributed by atoms with E-state index < -0.39 is 0 Å². The highest BCUT2D eigenvalue weighted by atomic mass is 127. The molecule has 1 aliphatic rings. The van der Waals surface area contributed by atoms with Crippen molar-refractivity contribution in [3.63, 3.8) is 0 Å². The van der Waals surface area contributed by atoms with Crippen LogP contribution in [0.15, 0.2) is 29.3 Å². The molecule has 1 aromatic carbocycles. The molecule has 0 spiro atoms. The molecule has 1 fully saturated rings. The number of primary amides is 1. The van der Waals surface area contributed by atoms with E-state index in [0.717, 1.165) is 57.0 Å². The molecular weight excluding hydrogens is 472 g/mol. The smallest absolute Gasteiger partial charge is 0.221 e. The second-order valence-electron chi connectivity index (χ2n) is 7.12. The zero-order chi connectivity index (χ0) is 19.6. The van der Waals surface area contributed by atoms with Crippen molar-refractivity contribution in [3.05, 3.63) is 35.6 Å². The van der Waals surface area contributed by atoms with Gasteiger partial charge in [0.2, 0.25) is 5.91 Å². The van der Waals surface area contributed by atoms with Crippen molar-refractivity contribution in [1.82, 2.24) is 15.1 Å². The molecule has 0 aliphatic carbocycles. The number of rotatable bonds is 8. The van der Waals surface area contributed by atoms with Gasteiger partial charge in [0.15, 0.2) is 5.96 Å². The summed E-state index contributed by atoms with van der Waals surface area (Å²) in [5.41, 5.74) is 6.35. The molecule has 28 heavy (non-hydrogen) atoms. The van der Waals surface area contributed by atoms with Gasteiger partial charge in [-0.2, -0.15) is 0 Å². The third-order valence-corrected chi connectivity index (χ3v) is 4.81. The number of hydrogen-bond acceptors (Lipinski definition) is 3. The van der Waals surface area contributed by atoms with E-state index in [2.05, 4.69) is 15.2 Å². The number of halogens is 2. The van der Waals surface area contributed by atoms with Crippen LogP contribution in [0.1, 0.15) is 31.7 Å². The van der Waals surface area contributed by atoms with Crippen LogP contribution < -0.4 is 11.1 Å². The summed E-state index contributed by atoms with van der Waals surface area (Å²) in [6, 6.07) is 6.63. The number of nitrogens with one attached hydrogen (secondary N) is 1. The van der Waals surface area contributed by atoms with E-state index in [1.54, 1.807) is 12.1 Å². The number of nitrogens with zero attached hydrogens (tertiary/aromatic N) is 3. The predicted molar refractivity (Wildman–Crippen MR) is 122 cm³/mol. The van der Waals surface area contributed by atoms with Gasteiger partial charge in [-0.05, 0) is 57.0 Å². The van der Waals surface area contributed by atoms with Crippen LogP contribution in [0.25, 0.3) is 0 Å². The Morgan fingerprint density at radius 3 is 2.93 bits per heavy atom. The number of amides is 1. The number of piperidine rings is 1. The van der Waals surface area contributed by atoms with Crippen molar-refractivity contribution in [3.8, 4) is 0 Å². The lowest BCUT2D eigenvalue weighted by atomic mass is 9.97. The quantitative estimate of drug-likeness (QED) is 0.247. The van der Waals surface area contributed by atoms with E-state index >= 15 is 0 Å². The van der Waals surface area contributed by atoms with Crippen LogP contribution in [0.3, 0.4) is 0 Å². The molecule has 158 valence electrons. The predicted octanol–water partition coefficient (Wildman–Crippen LogP) is 2.43. The van der Waals surface area contributed by atoms with Crippen molar-refractivity contribution in [2.45, 2.75) is 32.7 Å². The molecular formula is C20H33FIN5O. The van der Waals surface area contributed by atoms with Crippen molar-refractivity contribution in [1.29, 1.82) is 0 Å². The van der Waals surface area contributed by atoms with Gasteiger partial charge in [-0.25, -0.2) is 4.39 Å². The van der Waals surface area contributed by atoms with Crippen LogP contribution in [0, 0.1) is 11.7 Å². The monoisotopic (exact) mass is 505 g/mol. The summed E-state index contributed by atoms with van der Waals surface area (Å²) in [4.78, 5) is 20.4. The molecule has 1 amide bonds. The average Bonchev–Trinajstić information content (AvgIpc) is 2.64. The summed E-state index contributed by atoms with van der Waals surface area (Å²) in [6.07, 6.45) is 2.85. The maximum atomic E-state index is 13.4. The van der Waals surface area contributed by atoms with Crippen LogP contribution in [-0.2, 0) is 11.3 Å². The standard InChI is InChI=1S/C20H32FN5O.HI/c1-3-23-20(25(2)14-16-7-4-9-18(21)13-16)24-10-6-12-26-11-5-8-17(15-26)19(22)27;/h4,7,9,13,17H,3,5-6,8,10-12,14-15H2,1-2H3,(H2,22,27)(H,23,24);1H. The Kier molecular flexibility index (Phi) is 11.4. The Labute approximate surface area is 184 Å². The first kappa shape index (κ1) is 24.6. The van der Waals surface area contributed by atoms with Gasteiger partial charge < -0.3 is 20.9 Å². The van der Waals surface area contributed by atoms with E-state index in [1.807, 2.05) is 24.9 Å². The Morgan fingerprint density at radius 1 is 1.46 bits per heavy atom. The first-order valence-corrected chi connectivity index (χ1v) is 9.75.